The number of nitrogens with one attached hydrogen (secondary N) is 1. The SMILES string of the molecule is [2H][C@](C)(NC(=O)OC(C)(C)C)C(=O)O. The molecule has 0 aliphatic carbocycles. The first-order chi connectivity index (χ1) is 6.04. The number of aliphatic carboxylic acids is 1. The van der Waals surface area contributed by atoms with Crippen LogP contribution in [0, 0.1) is 0 Å². The molecule has 0 aliphatic heterocycles. The number of hydrogen-bond donors (Lipinski definition) is 2. The predicted molar refractivity (Wildman–Crippen MR) is 46.5 cm³/mol. The number of rotatable bonds is 2. The Kier molecular flexibility index (Phi) is 3.11. The van der Waals surface area contributed by atoms with Gasteiger partial charge in [-0.25, -0.2) is 4.79 Å². The highest BCUT2D eigenvalue weighted by Gasteiger charge is 2.20. The van der Waals surface area contributed by atoms with Gasteiger partial charge in [0.25, 0.3) is 0 Å². The molecule has 0 fully saturated rings. The van der Waals surface area contributed by atoms with Crippen LogP contribution in [0.25, 0.3) is 0 Å². The molecule has 0 aliphatic rings. The van der Waals surface area contributed by atoms with Crippen LogP contribution in [0.2, 0.25) is 0 Å². The Morgan fingerprint density at radius 3 is 2.31 bits per heavy atom. The normalized spacial score (nSPS) is 16.8. The number of ether oxygens (including phenoxy) is 1. The van der Waals surface area contributed by atoms with E-state index in [0.29, 0.717) is 0 Å². The summed E-state index contributed by atoms with van der Waals surface area (Å²) in [6, 6.07) is -2.07. The van der Waals surface area contributed by atoms with Gasteiger partial charge in [0.15, 0.2) is 0 Å². The first-order valence-corrected chi connectivity index (χ1v) is 3.79. The third kappa shape index (κ3) is 5.95. The molecule has 0 bridgehead atoms. The predicted octanol–water partition coefficient (Wildman–Crippen LogP) is 0.984. The summed E-state index contributed by atoms with van der Waals surface area (Å²) in [6.45, 7) is 6.00. The second-order valence-corrected chi connectivity index (χ2v) is 3.56. The average molecular weight is 190 g/mol. The number of carbonyl (C=O) groups excluding carboxylic acids is 1. The molecule has 1 atom stereocenters. The van der Waals surface area contributed by atoms with E-state index in [-0.39, 0.29) is 0 Å². The van der Waals surface area contributed by atoms with E-state index < -0.39 is 23.7 Å². The Morgan fingerprint density at radius 2 is 2.00 bits per heavy atom. The van der Waals surface area contributed by atoms with E-state index in [2.05, 4.69) is 0 Å². The minimum Gasteiger partial charge on any atom is -0.480 e. The molecule has 5 heteroatoms. The van der Waals surface area contributed by atoms with Gasteiger partial charge in [-0.15, -0.1) is 0 Å². The highest BCUT2D eigenvalue weighted by Crippen LogP contribution is 2.06. The van der Waals surface area contributed by atoms with Crippen molar-refractivity contribution >= 4 is 12.1 Å². The van der Waals surface area contributed by atoms with Crippen LogP contribution in [-0.2, 0) is 9.53 Å². The zero-order valence-electron chi connectivity index (χ0n) is 9.17. The fourth-order valence-corrected chi connectivity index (χ4v) is 0.510. The maximum absolute atomic E-state index is 11.1. The quantitative estimate of drug-likeness (QED) is 0.680. The van der Waals surface area contributed by atoms with Crippen molar-refractivity contribution in [2.24, 2.45) is 0 Å². The molecule has 5 nitrogen and oxygen atoms in total. The number of amides is 1. The first kappa shape index (κ1) is 9.83. The maximum atomic E-state index is 11.1. The number of carboxylic acid groups (broad SMARTS) is 1. The number of hydrogen-bond acceptors (Lipinski definition) is 3. The molecule has 0 aromatic carbocycles. The lowest BCUT2D eigenvalue weighted by Gasteiger charge is -2.20. The highest BCUT2D eigenvalue weighted by molar-refractivity contribution is 5.79. The number of carbonyl (C=O) groups is 2. The van der Waals surface area contributed by atoms with Crippen molar-refractivity contribution < 1.29 is 20.8 Å². The average Bonchev–Trinajstić information content (AvgIpc) is 1.79. The topological polar surface area (TPSA) is 75.6 Å². The van der Waals surface area contributed by atoms with Crippen LogP contribution in [-0.4, -0.2) is 28.8 Å². The van der Waals surface area contributed by atoms with Gasteiger partial charge in [-0.2, -0.15) is 0 Å². The van der Waals surface area contributed by atoms with Crippen molar-refractivity contribution in [2.75, 3.05) is 0 Å². The van der Waals surface area contributed by atoms with Gasteiger partial charge in [0.1, 0.15) is 11.6 Å². The van der Waals surface area contributed by atoms with E-state index in [9.17, 15) is 9.59 Å². The molecule has 0 saturated heterocycles. The van der Waals surface area contributed by atoms with Crippen molar-refractivity contribution in [3.63, 3.8) is 0 Å². The van der Waals surface area contributed by atoms with Crippen molar-refractivity contribution in [2.45, 2.75) is 39.3 Å². The Morgan fingerprint density at radius 1 is 1.54 bits per heavy atom. The van der Waals surface area contributed by atoms with Crippen molar-refractivity contribution in [3.05, 3.63) is 0 Å². The summed E-state index contributed by atoms with van der Waals surface area (Å²) >= 11 is 0. The molecule has 76 valence electrons. The van der Waals surface area contributed by atoms with E-state index in [0.717, 1.165) is 6.92 Å². The van der Waals surface area contributed by atoms with Crippen LogP contribution >= 0.6 is 0 Å². The van der Waals surface area contributed by atoms with Gasteiger partial charge in [-0.1, -0.05) is 0 Å². The molecular formula is C8H15NO4. The van der Waals surface area contributed by atoms with Crippen LogP contribution in [0.15, 0.2) is 0 Å². The molecule has 0 saturated carbocycles. The fourth-order valence-electron chi connectivity index (χ4n) is 0.510. The lowest BCUT2D eigenvalue weighted by atomic mass is 10.2. The van der Waals surface area contributed by atoms with Gasteiger partial charge in [0, 0.05) is 0 Å². The van der Waals surface area contributed by atoms with Gasteiger partial charge in [-0.3, -0.25) is 4.79 Å². The van der Waals surface area contributed by atoms with E-state index in [4.69, 9.17) is 11.2 Å². The lowest BCUT2D eigenvalue weighted by Crippen LogP contribution is -2.41. The molecule has 0 rings (SSSR count). The zero-order valence-corrected chi connectivity index (χ0v) is 8.17. The zero-order chi connectivity index (χ0) is 11.6. The molecule has 0 aromatic rings. The number of carboxylic acids is 1. The van der Waals surface area contributed by atoms with Gasteiger partial charge < -0.3 is 15.2 Å². The third-order valence-electron chi connectivity index (χ3n) is 1.01. The summed E-state index contributed by atoms with van der Waals surface area (Å²) in [6.07, 6.45) is -0.919. The number of alkyl carbamates (subject to hydrolysis) is 1. The van der Waals surface area contributed by atoms with Crippen LogP contribution in [0.3, 0.4) is 0 Å². The second kappa shape index (κ2) is 4.11. The standard InChI is InChI=1S/C8H15NO4/c1-5(6(10)11)9-7(12)13-8(2,3)4/h5H,1-4H3,(H,9,12)(H,10,11)/t5-/m1/s1/i5D. The first-order valence-electron chi connectivity index (χ1n) is 4.29. The van der Waals surface area contributed by atoms with Crippen LogP contribution in [0.4, 0.5) is 4.79 Å². The second-order valence-electron chi connectivity index (χ2n) is 3.56. The van der Waals surface area contributed by atoms with E-state index in [1.165, 1.54) is 0 Å². The summed E-state index contributed by atoms with van der Waals surface area (Å²) in [5.74, 6) is -1.44. The summed E-state index contributed by atoms with van der Waals surface area (Å²) in [4.78, 5) is 21.5. The summed E-state index contributed by atoms with van der Waals surface area (Å²) in [5.41, 5.74) is -0.710. The smallest absolute Gasteiger partial charge is 0.408 e. The molecule has 13 heavy (non-hydrogen) atoms. The van der Waals surface area contributed by atoms with Gasteiger partial charge in [0.2, 0.25) is 0 Å². The van der Waals surface area contributed by atoms with Crippen molar-refractivity contribution in [1.29, 1.82) is 0 Å². The van der Waals surface area contributed by atoms with Crippen molar-refractivity contribution in [3.8, 4) is 0 Å². The highest BCUT2D eigenvalue weighted by atomic mass is 16.6. The van der Waals surface area contributed by atoms with Gasteiger partial charge in [0.05, 0.1) is 1.37 Å². The van der Waals surface area contributed by atoms with Gasteiger partial charge in [-0.05, 0) is 27.7 Å². The van der Waals surface area contributed by atoms with Crippen LogP contribution in [0.5, 0.6) is 0 Å². The summed E-state index contributed by atoms with van der Waals surface area (Å²) < 4.78 is 12.0. The maximum Gasteiger partial charge on any atom is 0.408 e. The third-order valence-corrected chi connectivity index (χ3v) is 1.01. The molecule has 1 amide bonds. The fraction of sp³-hybridized carbons (Fsp3) is 0.750. The monoisotopic (exact) mass is 190 g/mol. The Bertz CT molecular complexity index is 244. The molecular weight excluding hydrogens is 174 g/mol. The summed E-state index contributed by atoms with van der Waals surface area (Å²) in [7, 11) is 0. The molecule has 0 radical (unpaired) electrons. The Hall–Kier alpha value is -1.26. The van der Waals surface area contributed by atoms with E-state index in [1.807, 2.05) is 5.32 Å². The van der Waals surface area contributed by atoms with E-state index >= 15 is 0 Å². The van der Waals surface area contributed by atoms with Crippen LogP contribution in [0.1, 0.15) is 29.1 Å². The molecule has 0 spiro atoms. The van der Waals surface area contributed by atoms with Crippen molar-refractivity contribution in [1.82, 2.24) is 5.32 Å². The molecule has 0 aromatic heterocycles. The minimum absolute atomic E-state index is 0.710. The van der Waals surface area contributed by atoms with Crippen LogP contribution < -0.4 is 5.32 Å². The summed E-state index contributed by atoms with van der Waals surface area (Å²) in [5, 5.41) is 10.4. The largest absolute Gasteiger partial charge is 0.480 e. The minimum atomic E-state index is -2.07. The Labute approximate surface area is 78.5 Å². The van der Waals surface area contributed by atoms with Gasteiger partial charge >= 0.3 is 12.1 Å². The molecule has 0 heterocycles. The van der Waals surface area contributed by atoms with E-state index in [1.54, 1.807) is 20.8 Å². The Balaban J connectivity index is 4.27. The lowest BCUT2D eigenvalue weighted by molar-refractivity contribution is -0.139. The molecule has 0 unspecified atom stereocenters. The molecule has 2 N–H and O–H groups in total.